The van der Waals surface area contributed by atoms with E-state index in [2.05, 4.69) is 5.32 Å². The Hall–Kier alpha value is -2.35. The molecule has 26 heavy (non-hydrogen) atoms. The fourth-order valence-corrected chi connectivity index (χ4v) is 2.39. The maximum absolute atomic E-state index is 14.0. The molecule has 1 amide bonds. The molecule has 0 unspecified atom stereocenters. The topological polar surface area (TPSA) is 41.1 Å². The SMILES string of the molecule is Cc1c(F)cc(C(=O)NCC(F)(F)F)cc1NCc1c(F)cccc1Cl. The first-order valence-electron chi connectivity index (χ1n) is 7.40. The summed E-state index contributed by atoms with van der Waals surface area (Å²) in [5, 5.41) is 4.58. The third-order valence-corrected chi connectivity index (χ3v) is 3.93. The number of anilines is 1. The van der Waals surface area contributed by atoms with Crippen LogP contribution in [0.5, 0.6) is 0 Å². The van der Waals surface area contributed by atoms with Crippen LogP contribution in [0, 0.1) is 18.6 Å². The van der Waals surface area contributed by atoms with Gasteiger partial charge in [-0.25, -0.2) is 8.78 Å². The lowest BCUT2D eigenvalue weighted by molar-refractivity contribution is -0.123. The van der Waals surface area contributed by atoms with Crippen LogP contribution in [0.3, 0.4) is 0 Å². The summed E-state index contributed by atoms with van der Waals surface area (Å²) in [5.74, 6) is -2.43. The van der Waals surface area contributed by atoms with Gasteiger partial charge in [-0.05, 0) is 31.2 Å². The van der Waals surface area contributed by atoms with Gasteiger partial charge in [0.05, 0.1) is 0 Å². The summed E-state index contributed by atoms with van der Waals surface area (Å²) in [4.78, 5) is 11.8. The average Bonchev–Trinajstić information content (AvgIpc) is 2.55. The summed E-state index contributed by atoms with van der Waals surface area (Å²) < 4.78 is 64.4. The molecule has 0 saturated heterocycles. The molecule has 0 radical (unpaired) electrons. The van der Waals surface area contributed by atoms with Gasteiger partial charge >= 0.3 is 6.18 Å². The molecule has 0 spiro atoms. The highest BCUT2D eigenvalue weighted by Gasteiger charge is 2.28. The Labute approximate surface area is 151 Å². The Balaban J connectivity index is 2.21. The van der Waals surface area contributed by atoms with Gasteiger partial charge in [-0.15, -0.1) is 0 Å². The number of hydrogen-bond acceptors (Lipinski definition) is 2. The van der Waals surface area contributed by atoms with Crippen LogP contribution in [-0.4, -0.2) is 18.6 Å². The highest BCUT2D eigenvalue weighted by Crippen LogP contribution is 2.24. The van der Waals surface area contributed by atoms with E-state index in [1.807, 2.05) is 0 Å². The number of benzene rings is 2. The van der Waals surface area contributed by atoms with Crippen molar-refractivity contribution < 1.29 is 26.7 Å². The lowest BCUT2D eigenvalue weighted by Gasteiger charge is -2.14. The Bertz CT molecular complexity index is 803. The molecule has 140 valence electrons. The molecule has 0 aliphatic carbocycles. The van der Waals surface area contributed by atoms with Crippen molar-refractivity contribution in [2.45, 2.75) is 19.6 Å². The number of carbonyl (C=O) groups is 1. The van der Waals surface area contributed by atoms with Crippen LogP contribution >= 0.6 is 11.6 Å². The molecule has 2 N–H and O–H groups in total. The van der Waals surface area contributed by atoms with Crippen molar-refractivity contribution >= 4 is 23.2 Å². The fourth-order valence-electron chi connectivity index (χ4n) is 2.16. The van der Waals surface area contributed by atoms with Gasteiger partial charge in [0.1, 0.15) is 18.2 Å². The zero-order valence-electron chi connectivity index (χ0n) is 13.5. The van der Waals surface area contributed by atoms with Crippen molar-refractivity contribution in [3.63, 3.8) is 0 Å². The smallest absolute Gasteiger partial charge is 0.380 e. The predicted octanol–water partition coefficient (Wildman–Crippen LogP) is 4.83. The van der Waals surface area contributed by atoms with Crippen LogP contribution in [0.1, 0.15) is 21.5 Å². The second-order valence-electron chi connectivity index (χ2n) is 5.48. The van der Waals surface area contributed by atoms with Gasteiger partial charge < -0.3 is 10.6 Å². The van der Waals surface area contributed by atoms with Gasteiger partial charge in [0, 0.05) is 33.9 Å². The first-order valence-corrected chi connectivity index (χ1v) is 7.78. The number of amides is 1. The monoisotopic (exact) mass is 392 g/mol. The van der Waals surface area contributed by atoms with Gasteiger partial charge in [-0.3, -0.25) is 4.79 Å². The Kier molecular flexibility index (Phi) is 6.07. The van der Waals surface area contributed by atoms with E-state index in [9.17, 15) is 26.7 Å². The molecular weight excluding hydrogens is 379 g/mol. The molecule has 2 aromatic rings. The van der Waals surface area contributed by atoms with Gasteiger partial charge in [0.25, 0.3) is 5.91 Å². The van der Waals surface area contributed by atoms with Gasteiger partial charge in [-0.2, -0.15) is 13.2 Å². The van der Waals surface area contributed by atoms with Gasteiger partial charge in [-0.1, -0.05) is 17.7 Å². The Morgan fingerprint density at radius 1 is 1.15 bits per heavy atom. The standard InChI is InChI=1S/C17H14ClF5N2O/c1-9-14(20)5-10(16(26)25-8-17(21,22)23)6-15(9)24-7-11-12(18)3-2-4-13(11)19/h2-6,24H,7-8H2,1H3,(H,25,26). The molecule has 0 heterocycles. The number of halogens is 6. The number of carbonyl (C=O) groups excluding carboxylic acids is 1. The third-order valence-electron chi connectivity index (χ3n) is 3.57. The largest absolute Gasteiger partial charge is 0.405 e. The molecule has 0 aromatic heterocycles. The molecule has 0 aliphatic rings. The van der Waals surface area contributed by atoms with Crippen LogP contribution < -0.4 is 10.6 Å². The molecule has 0 fully saturated rings. The molecule has 0 aliphatic heterocycles. The highest BCUT2D eigenvalue weighted by atomic mass is 35.5. The molecule has 0 saturated carbocycles. The molecule has 9 heteroatoms. The van der Waals surface area contributed by atoms with Gasteiger partial charge in [0.2, 0.25) is 0 Å². The third kappa shape index (κ3) is 5.08. The summed E-state index contributed by atoms with van der Waals surface area (Å²) in [7, 11) is 0. The molecule has 2 aromatic carbocycles. The van der Waals surface area contributed by atoms with E-state index < -0.39 is 30.3 Å². The highest BCUT2D eigenvalue weighted by molar-refractivity contribution is 6.31. The number of rotatable bonds is 5. The van der Waals surface area contributed by atoms with E-state index in [1.165, 1.54) is 31.2 Å². The van der Waals surface area contributed by atoms with Crippen molar-refractivity contribution in [3.05, 3.63) is 63.7 Å². The summed E-state index contributed by atoms with van der Waals surface area (Å²) in [6.07, 6.45) is -4.58. The molecule has 0 atom stereocenters. The molecule has 3 nitrogen and oxygen atoms in total. The van der Waals surface area contributed by atoms with Crippen LogP contribution in [-0.2, 0) is 6.54 Å². The Morgan fingerprint density at radius 3 is 2.46 bits per heavy atom. The normalized spacial score (nSPS) is 11.3. The second-order valence-corrected chi connectivity index (χ2v) is 5.89. The van der Waals surface area contributed by atoms with E-state index in [0.29, 0.717) is 0 Å². The maximum Gasteiger partial charge on any atom is 0.405 e. The minimum absolute atomic E-state index is 0.0978. The zero-order valence-corrected chi connectivity index (χ0v) is 14.2. The van der Waals surface area contributed by atoms with Crippen LogP contribution in [0.25, 0.3) is 0 Å². The lowest BCUT2D eigenvalue weighted by atomic mass is 10.1. The van der Waals surface area contributed by atoms with E-state index in [0.717, 1.165) is 6.07 Å². The van der Waals surface area contributed by atoms with Crippen molar-refractivity contribution in [1.82, 2.24) is 5.32 Å². The van der Waals surface area contributed by atoms with E-state index in [1.54, 1.807) is 5.32 Å². The van der Waals surface area contributed by atoms with Gasteiger partial charge in [0.15, 0.2) is 0 Å². The van der Waals surface area contributed by atoms with Crippen LogP contribution in [0.15, 0.2) is 30.3 Å². The predicted molar refractivity (Wildman–Crippen MR) is 88.3 cm³/mol. The zero-order chi connectivity index (χ0) is 19.5. The first-order chi connectivity index (χ1) is 12.1. The first kappa shape index (κ1) is 20.0. The van der Waals surface area contributed by atoms with Crippen molar-refractivity contribution in [3.8, 4) is 0 Å². The van der Waals surface area contributed by atoms with E-state index in [4.69, 9.17) is 11.6 Å². The molecule has 0 bridgehead atoms. The quantitative estimate of drug-likeness (QED) is 0.715. The molecule has 2 rings (SSSR count). The fraction of sp³-hybridized carbons (Fsp3) is 0.235. The minimum Gasteiger partial charge on any atom is -0.380 e. The van der Waals surface area contributed by atoms with Crippen LogP contribution in [0.4, 0.5) is 27.6 Å². The summed E-state index contributed by atoms with van der Waals surface area (Å²) in [6, 6.07) is 6.15. The number of alkyl halides is 3. The number of nitrogens with one attached hydrogen (secondary N) is 2. The molecular formula is C17H14ClF5N2O. The summed E-state index contributed by atoms with van der Waals surface area (Å²) >= 11 is 5.91. The van der Waals surface area contributed by atoms with Crippen LogP contribution in [0.2, 0.25) is 5.02 Å². The van der Waals surface area contributed by atoms with E-state index in [-0.39, 0.29) is 33.9 Å². The lowest BCUT2D eigenvalue weighted by Crippen LogP contribution is -2.33. The minimum atomic E-state index is -4.58. The Morgan fingerprint density at radius 2 is 1.85 bits per heavy atom. The second kappa shape index (κ2) is 7.90. The van der Waals surface area contributed by atoms with E-state index >= 15 is 0 Å². The van der Waals surface area contributed by atoms with Crippen molar-refractivity contribution in [2.75, 3.05) is 11.9 Å². The van der Waals surface area contributed by atoms with Crippen molar-refractivity contribution in [2.24, 2.45) is 0 Å². The average molecular weight is 393 g/mol. The maximum atomic E-state index is 14.0. The van der Waals surface area contributed by atoms with Crippen molar-refractivity contribution in [1.29, 1.82) is 0 Å². The summed E-state index contributed by atoms with van der Waals surface area (Å²) in [6.45, 7) is -0.216. The number of hydrogen-bond donors (Lipinski definition) is 2. The summed E-state index contributed by atoms with van der Waals surface area (Å²) in [5.41, 5.74) is 0.117.